The molecule has 22 heavy (non-hydrogen) atoms. The molecule has 0 spiro atoms. The topological polar surface area (TPSA) is 59.9 Å². The van der Waals surface area contributed by atoms with Gasteiger partial charge in [0, 0.05) is 6.42 Å². The second kappa shape index (κ2) is 5.85. The third-order valence-electron chi connectivity index (χ3n) is 3.38. The standard InChI is InChI=1S/C16H14FN3O2/c1-22-13-8-6-12(7-9-13)20-15(18-19-16(20)21)10-11-4-2-3-5-14(11)17/h2-9H,10H2,1H3,(H,19,21). The molecular formula is C16H14FN3O2. The molecule has 1 heterocycles. The van der Waals surface area contributed by atoms with Crippen LogP contribution in [0.2, 0.25) is 0 Å². The van der Waals surface area contributed by atoms with Crippen molar-refractivity contribution >= 4 is 0 Å². The van der Waals surface area contributed by atoms with Gasteiger partial charge in [0.05, 0.1) is 12.8 Å². The van der Waals surface area contributed by atoms with Crippen LogP contribution in [0.5, 0.6) is 5.75 Å². The predicted molar refractivity (Wildman–Crippen MR) is 79.9 cm³/mol. The minimum atomic E-state index is -0.364. The van der Waals surface area contributed by atoms with Gasteiger partial charge in [-0.2, -0.15) is 5.10 Å². The molecular weight excluding hydrogens is 285 g/mol. The Morgan fingerprint density at radius 2 is 1.91 bits per heavy atom. The molecule has 0 amide bonds. The molecule has 0 atom stereocenters. The molecule has 0 aliphatic heterocycles. The van der Waals surface area contributed by atoms with Crippen LogP contribution in [0.3, 0.4) is 0 Å². The van der Waals surface area contributed by atoms with Crippen molar-refractivity contribution < 1.29 is 9.13 Å². The maximum absolute atomic E-state index is 13.8. The van der Waals surface area contributed by atoms with E-state index >= 15 is 0 Å². The van der Waals surface area contributed by atoms with E-state index in [4.69, 9.17) is 4.74 Å². The van der Waals surface area contributed by atoms with Crippen molar-refractivity contribution in [3.8, 4) is 11.4 Å². The van der Waals surface area contributed by atoms with Gasteiger partial charge in [-0.3, -0.25) is 0 Å². The van der Waals surface area contributed by atoms with Crippen LogP contribution in [0.25, 0.3) is 5.69 Å². The molecule has 0 fully saturated rings. The fourth-order valence-corrected chi connectivity index (χ4v) is 2.26. The van der Waals surface area contributed by atoms with Crippen molar-refractivity contribution in [1.82, 2.24) is 14.8 Å². The third kappa shape index (κ3) is 2.63. The van der Waals surface area contributed by atoms with Crippen molar-refractivity contribution in [1.29, 1.82) is 0 Å². The Morgan fingerprint density at radius 1 is 1.18 bits per heavy atom. The summed E-state index contributed by atoms with van der Waals surface area (Å²) in [6.07, 6.45) is 0.220. The van der Waals surface area contributed by atoms with Crippen LogP contribution in [0, 0.1) is 5.82 Å². The van der Waals surface area contributed by atoms with E-state index in [1.54, 1.807) is 49.6 Å². The summed E-state index contributed by atoms with van der Waals surface area (Å²) < 4.78 is 20.3. The number of aromatic amines is 1. The number of nitrogens with zero attached hydrogens (tertiary/aromatic N) is 2. The first-order valence-electron chi connectivity index (χ1n) is 6.73. The first-order chi connectivity index (χ1) is 10.7. The summed E-state index contributed by atoms with van der Waals surface area (Å²) in [6.45, 7) is 0. The zero-order valence-electron chi connectivity index (χ0n) is 11.9. The zero-order chi connectivity index (χ0) is 15.5. The molecule has 0 saturated heterocycles. The number of nitrogens with one attached hydrogen (secondary N) is 1. The summed E-state index contributed by atoms with van der Waals surface area (Å²) in [7, 11) is 1.57. The van der Waals surface area contributed by atoms with Crippen molar-refractivity contribution in [2.75, 3.05) is 7.11 Å². The summed E-state index contributed by atoms with van der Waals surface area (Å²) in [6, 6.07) is 13.4. The first-order valence-corrected chi connectivity index (χ1v) is 6.73. The molecule has 5 nitrogen and oxygen atoms in total. The maximum Gasteiger partial charge on any atom is 0.347 e. The molecule has 112 valence electrons. The van der Waals surface area contributed by atoms with E-state index in [1.165, 1.54) is 10.6 Å². The van der Waals surface area contributed by atoms with Crippen molar-refractivity contribution in [2.45, 2.75) is 6.42 Å². The highest BCUT2D eigenvalue weighted by atomic mass is 19.1. The summed E-state index contributed by atoms with van der Waals surface area (Å²) >= 11 is 0. The number of ether oxygens (including phenoxy) is 1. The molecule has 3 aromatic rings. The number of rotatable bonds is 4. The largest absolute Gasteiger partial charge is 0.497 e. The third-order valence-corrected chi connectivity index (χ3v) is 3.38. The highest BCUT2D eigenvalue weighted by Crippen LogP contribution is 2.16. The van der Waals surface area contributed by atoms with Gasteiger partial charge in [0.15, 0.2) is 0 Å². The molecule has 0 aliphatic carbocycles. The van der Waals surface area contributed by atoms with Gasteiger partial charge in [-0.25, -0.2) is 18.9 Å². The highest BCUT2D eigenvalue weighted by molar-refractivity contribution is 5.38. The van der Waals surface area contributed by atoms with Crippen molar-refractivity contribution in [3.63, 3.8) is 0 Å². The zero-order valence-corrected chi connectivity index (χ0v) is 11.9. The second-order valence-electron chi connectivity index (χ2n) is 4.75. The van der Waals surface area contributed by atoms with Gasteiger partial charge in [-0.1, -0.05) is 18.2 Å². The molecule has 2 aromatic carbocycles. The summed E-state index contributed by atoms with van der Waals surface area (Å²) in [5.74, 6) is 0.815. The molecule has 0 saturated carbocycles. The lowest BCUT2D eigenvalue weighted by atomic mass is 10.1. The summed E-state index contributed by atoms with van der Waals surface area (Å²) in [5.41, 5.74) is 0.763. The number of hydrogen-bond acceptors (Lipinski definition) is 3. The second-order valence-corrected chi connectivity index (χ2v) is 4.75. The number of H-pyrrole nitrogens is 1. The molecule has 1 aromatic heterocycles. The van der Waals surface area contributed by atoms with Gasteiger partial charge >= 0.3 is 5.69 Å². The molecule has 0 radical (unpaired) electrons. The number of benzene rings is 2. The fourth-order valence-electron chi connectivity index (χ4n) is 2.26. The van der Waals surface area contributed by atoms with Crippen LogP contribution in [0.4, 0.5) is 4.39 Å². The van der Waals surface area contributed by atoms with Crippen LogP contribution >= 0.6 is 0 Å². The molecule has 0 bridgehead atoms. The predicted octanol–water partition coefficient (Wildman–Crippen LogP) is 2.30. The van der Waals surface area contributed by atoms with E-state index in [1.807, 2.05) is 0 Å². The smallest absolute Gasteiger partial charge is 0.347 e. The maximum atomic E-state index is 13.8. The van der Waals surface area contributed by atoms with Crippen LogP contribution in [-0.2, 0) is 6.42 Å². The van der Waals surface area contributed by atoms with Crippen molar-refractivity contribution in [2.24, 2.45) is 0 Å². The SMILES string of the molecule is COc1ccc(-n2c(Cc3ccccc3F)n[nH]c2=O)cc1. The van der Waals surface area contributed by atoms with Crippen LogP contribution < -0.4 is 10.4 Å². The van der Waals surface area contributed by atoms with Crippen LogP contribution in [0.15, 0.2) is 53.3 Å². The van der Waals surface area contributed by atoms with Gasteiger partial charge in [0.25, 0.3) is 0 Å². The molecule has 0 aliphatic rings. The quantitative estimate of drug-likeness (QED) is 0.804. The van der Waals surface area contributed by atoms with E-state index in [0.29, 0.717) is 22.8 Å². The van der Waals surface area contributed by atoms with Gasteiger partial charge in [0.2, 0.25) is 0 Å². The number of halogens is 1. The average molecular weight is 299 g/mol. The molecule has 3 rings (SSSR count). The fraction of sp³-hybridized carbons (Fsp3) is 0.125. The Bertz CT molecular complexity index is 837. The number of hydrogen-bond donors (Lipinski definition) is 1. The van der Waals surface area contributed by atoms with E-state index < -0.39 is 0 Å². The average Bonchev–Trinajstić information content (AvgIpc) is 2.90. The van der Waals surface area contributed by atoms with Crippen molar-refractivity contribution in [3.05, 3.63) is 76.2 Å². The Kier molecular flexibility index (Phi) is 3.74. The molecule has 6 heteroatoms. The minimum Gasteiger partial charge on any atom is -0.497 e. The molecule has 0 unspecified atom stereocenters. The van der Waals surface area contributed by atoms with Crippen LogP contribution in [-0.4, -0.2) is 21.9 Å². The van der Waals surface area contributed by atoms with Gasteiger partial charge in [-0.15, -0.1) is 0 Å². The Labute approximate surface area is 126 Å². The Morgan fingerprint density at radius 3 is 2.59 bits per heavy atom. The number of methoxy groups -OCH3 is 1. The monoisotopic (exact) mass is 299 g/mol. The van der Waals surface area contributed by atoms with Gasteiger partial charge in [-0.05, 0) is 35.9 Å². The lowest BCUT2D eigenvalue weighted by molar-refractivity contribution is 0.414. The summed E-state index contributed by atoms with van der Waals surface area (Å²) in [5, 5.41) is 6.41. The normalized spacial score (nSPS) is 10.6. The van der Waals surface area contributed by atoms with E-state index in [0.717, 1.165) is 0 Å². The number of aromatic nitrogens is 3. The van der Waals surface area contributed by atoms with E-state index in [2.05, 4.69) is 10.2 Å². The summed E-state index contributed by atoms with van der Waals surface area (Å²) in [4.78, 5) is 12.0. The van der Waals surface area contributed by atoms with E-state index in [-0.39, 0.29) is 17.9 Å². The minimum absolute atomic E-state index is 0.220. The highest BCUT2D eigenvalue weighted by Gasteiger charge is 2.13. The Hall–Kier alpha value is -2.89. The van der Waals surface area contributed by atoms with E-state index in [9.17, 15) is 9.18 Å². The van der Waals surface area contributed by atoms with Gasteiger partial charge < -0.3 is 4.74 Å². The lowest BCUT2D eigenvalue weighted by Crippen LogP contribution is -2.17. The van der Waals surface area contributed by atoms with Gasteiger partial charge in [0.1, 0.15) is 17.4 Å². The van der Waals surface area contributed by atoms with Crippen LogP contribution in [0.1, 0.15) is 11.4 Å². The first kappa shape index (κ1) is 14.1. The Balaban J connectivity index is 2.00. The molecule has 1 N–H and O–H groups in total. The lowest BCUT2D eigenvalue weighted by Gasteiger charge is -2.07.